The molecule has 1 heteroatoms. The Morgan fingerprint density at radius 2 is 2.00 bits per heavy atom. The predicted octanol–water partition coefficient (Wildman–Crippen LogP) is 3.23. The molecule has 0 aliphatic carbocycles. The van der Waals surface area contributed by atoms with Crippen LogP contribution in [0.2, 0.25) is 0 Å². The Labute approximate surface area is 86.1 Å². The van der Waals surface area contributed by atoms with Crippen LogP contribution in [0.3, 0.4) is 0 Å². The normalized spacial score (nSPS) is 22.0. The minimum absolute atomic E-state index is 0.533. The van der Waals surface area contributed by atoms with E-state index < -0.39 is 0 Å². The zero-order valence-corrected chi connectivity index (χ0v) is 8.52. The molecule has 74 valence electrons. The van der Waals surface area contributed by atoms with Crippen LogP contribution in [0.4, 0.5) is 5.69 Å². The van der Waals surface area contributed by atoms with Crippen LogP contribution < -0.4 is 4.90 Å². The molecular weight excluding hydrogens is 170 g/mol. The Kier molecular flexibility index (Phi) is 2.87. The van der Waals surface area contributed by atoms with Crippen molar-refractivity contribution >= 4 is 5.69 Å². The highest BCUT2D eigenvalue weighted by Crippen LogP contribution is 2.24. The molecule has 1 aliphatic rings. The first-order valence-corrected chi connectivity index (χ1v) is 5.36. The van der Waals surface area contributed by atoms with Crippen LogP contribution >= 0.6 is 0 Å². The molecule has 0 saturated carbocycles. The average Bonchev–Trinajstić information content (AvgIpc) is 2.30. The fourth-order valence-electron chi connectivity index (χ4n) is 2.14. The van der Waals surface area contributed by atoms with Gasteiger partial charge in [-0.15, -0.1) is 6.58 Å². The Balaban J connectivity index is 2.19. The third-order valence-electron chi connectivity index (χ3n) is 2.91. The highest BCUT2D eigenvalue weighted by atomic mass is 15.2. The lowest BCUT2D eigenvalue weighted by Crippen LogP contribution is -2.38. The standard InChI is InChI=1S/C13H17N/c1-2-12-8-6-7-11-14(12)13-9-4-3-5-10-13/h2-5,9-10,12H,1,6-8,11H2. The lowest BCUT2D eigenvalue weighted by Gasteiger charge is -2.35. The number of anilines is 1. The van der Waals surface area contributed by atoms with E-state index >= 15 is 0 Å². The fourth-order valence-corrected chi connectivity index (χ4v) is 2.14. The second-order valence-electron chi connectivity index (χ2n) is 3.83. The molecule has 1 fully saturated rings. The quantitative estimate of drug-likeness (QED) is 0.642. The summed E-state index contributed by atoms with van der Waals surface area (Å²) < 4.78 is 0. The number of nitrogens with zero attached hydrogens (tertiary/aromatic N) is 1. The number of benzene rings is 1. The Bertz CT molecular complexity index is 291. The van der Waals surface area contributed by atoms with Gasteiger partial charge in [0, 0.05) is 18.3 Å². The summed E-state index contributed by atoms with van der Waals surface area (Å²) in [6.07, 6.45) is 5.96. The third-order valence-corrected chi connectivity index (χ3v) is 2.91. The molecule has 1 atom stereocenters. The maximum atomic E-state index is 3.92. The summed E-state index contributed by atoms with van der Waals surface area (Å²) in [5.41, 5.74) is 1.33. The van der Waals surface area contributed by atoms with Crippen LogP contribution in [-0.2, 0) is 0 Å². The lowest BCUT2D eigenvalue weighted by molar-refractivity contribution is 0.515. The minimum Gasteiger partial charge on any atom is -0.365 e. The first-order chi connectivity index (χ1) is 6.92. The topological polar surface area (TPSA) is 3.24 Å². The van der Waals surface area contributed by atoms with Gasteiger partial charge in [-0.25, -0.2) is 0 Å². The highest BCUT2D eigenvalue weighted by molar-refractivity contribution is 5.48. The Morgan fingerprint density at radius 3 is 2.71 bits per heavy atom. The Hall–Kier alpha value is -1.24. The molecule has 0 radical (unpaired) electrons. The van der Waals surface area contributed by atoms with E-state index in [4.69, 9.17) is 0 Å². The maximum Gasteiger partial charge on any atom is 0.0470 e. The van der Waals surface area contributed by atoms with Gasteiger partial charge in [0.15, 0.2) is 0 Å². The first-order valence-electron chi connectivity index (χ1n) is 5.36. The summed E-state index contributed by atoms with van der Waals surface area (Å²) in [4.78, 5) is 2.45. The number of para-hydroxylation sites is 1. The van der Waals surface area contributed by atoms with E-state index in [9.17, 15) is 0 Å². The van der Waals surface area contributed by atoms with Crippen LogP contribution in [0.15, 0.2) is 43.0 Å². The number of piperidine rings is 1. The molecule has 1 unspecified atom stereocenters. The molecular formula is C13H17N. The number of hydrogen-bond donors (Lipinski definition) is 0. The summed E-state index contributed by atoms with van der Waals surface area (Å²) in [5, 5.41) is 0. The summed E-state index contributed by atoms with van der Waals surface area (Å²) in [7, 11) is 0. The average molecular weight is 187 g/mol. The van der Waals surface area contributed by atoms with Gasteiger partial charge in [-0.1, -0.05) is 24.3 Å². The minimum atomic E-state index is 0.533. The van der Waals surface area contributed by atoms with Crippen molar-refractivity contribution in [3.05, 3.63) is 43.0 Å². The molecule has 1 saturated heterocycles. The van der Waals surface area contributed by atoms with Gasteiger partial charge in [0.2, 0.25) is 0 Å². The summed E-state index contributed by atoms with van der Waals surface area (Å²) in [6.45, 7) is 5.09. The summed E-state index contributed by atoms with van der Waals surface area (Å²) in [6, 6.07) is 11.2. The van der Waals surface area contributed by atoms with Crippen molar-refractivity contribution in [2.45, 2.75) is 25.3 Å². The van der Waals surface area contributed by atoms with E-state index in [1.165, 1.54) is 31.5 Å². The zero-order valence-electron chi connectivity index (χ0n) is 8.52. The molecule has 1 aromatic carbocycles. The van der Waals surface area contributed by atoms with E-state index in [0.29, 0.717) is 6.04 Å². The molecule has 2 rings (SSSR count). The van der Waals surface area contributed by atoms with Crippen molar-refractivity contribution < 1.29 is 0 Å². The van der Waals surface area contributed by atoms with Gasteiger partial charge in [-0.2, -0.15) is 0 Å². The van der Waals surface area contributed by atoms with Crippen molar-refractivity contribution in [3.8, 4) is 0 Å². The van der Waals surface area contributed by atoms with Gasteiger partial charge in [-0.05, 0) is 31.4 Å². The van der Waals surface area contributed by atoms with Crippen LogP contribution in [0.5, 0.6) is 0 Å². The fraction of sp³-hybridized carbons (Fsp3) is 0.385. The van der Waals surface area contributed by atoms with Gasteiger partial charge < -0.3 is 4.90 Å². The van der Waals surface area contributed by atoms with Gasteiger partial charge in [0.05, 0.1) is 0 Å². The molecule has 1 aliphatic heterocycles. The molecule has 0 N–H and O–H groups in total. The molecule has 0 spiro atoms. The summed E-state index contributed by atoms with van der Waals surface area (Å²) in [5.74, 6) is 0. The molecule has 14 heavy (non-hydrogen) atoms. The van der Waals surface area contributed by atoms with Crippen LogP contribution in [0.25, 0.3) is 0 Å². The monoisotopic (exact) mass is 187 g/mol. The van der Waals surface area contributed by atoms with Crippen molar-refractivity contribution in [2.24, 2.45) is 0 Å². The second-order valence-corrected chi connectivity index (χ2v) is 3.83. The Morgan fingerprint density at radius 1 is 1.21 bits per heavy atom. The molecule has 0 aromatic heterocycles. The maximum absolute atomic E-state index is 3.92. The predicted molar refractivity (Wildman–Crippen MR) is 61.6 cm³/mol. The van der Waals surface area contributed by atoms with Gasteiger partial charge >= 0.3 is 0 Å². The van der Waals surface area contributed by atoms with Crippen molar-refractivity contribution in [3.63, 3.8) is 0 Å². The van der Waals surface area contributed by atoms with Crippen LogP contribution in [-0.4, -0.2) is 12.6 Å². The summed E-state index contributed by atoms with van der Waals surface area (Å²) >= 11 is 0. The molecule has 1 nitrogen and oxygen atoms in total. The van der Waals surface area contributed by atoms with Gasteiger partial charge in [0.1, 0.15) is 0 Å². The molecule has 1 heterocycles. The van der Waals surface area contributed by atoms with Gasteiger partial charge in [0.25, 0.3) is 0 Å². The van der Waals surface area contributed by atoms with E-state index in [2.05, 4.69) is 47.9 Å². The number of rotatable bonds is 2. The molecule has 0 bridgehead atoms. The van der Waals surface area contributed by atoms with E-state index in [0.717, 1.165) is 0 Å². The zero-order chi connectivity index (χ0) is 9.80. The van der Waals surface area contributed by atoms with E-state index in [1.54, 1.807) is 0 Å². The van der Waals surface area contributed by atoms with Crippen LogP contribution in [0, 0.1) is 0 Å². The van der Waals surface area contributed by atoms with Crippen molar-refractivity contribution in [1.29, 1.82) is 0 Å². The van der Waals surface area contributed by atoms with Crippen LogP contribution in [0.1, 0.15) is 19.3 Å². The van der Waals surface area contributed by atoms with E-state index in [-0.39, 0.29) is 0 Å². The van der Waals surface area contributed by atoms with Crippen molar-refractivity contribution in [2.75, 3.05) is 11.4 Å². The third kappa shape index (κ3) is 1.82. The van der Waals surface area contributed by atoms with E-state index in [1.807, 2.05) is 0 Å². The highest BCUT2D eigenvalue weighted by Gasteiger charge is 2.19. The SMILES string of the molecule is C=CC1CCCCN1c1ccccc1. The first kappa shape index (κ1) is 9.32. The van der Waals surface area contributed by atoms with Crippen molar-refractivity contribution in [1.82, 2.24) is 0 Å². The van der Waals surface area contributed by atoms with Gasteiger partial charge in [-0.3, -0.25) is 0 Å². The lowest BCUT2D eigenvalue weighted by atomic mass is 10.0. The number of hydrogen-bond acceptors (Lipinski definition) is 1. The molecule has 1 aromatic rings. The molecule has 0 amide bonds. The smallest absolute Gasteiger partial charge is 0.0470 e. The largest absolute Gasteiger partial charge is 0.365 e. The second kappa shape index (κ2) is 4.32.